The van der Waals surface area contributed by atoms with E-state index >= 15 is 0 Å². The average Bonchev–Trinajstić information content (AvgIpc) is 1.78. The second kappa shape index (κ2) is 3.20. The fraction of sp³-hybridized carbons (Fsp3) is 1.00. The Kier molecular flexibility index (Phi) is 2.76. The van der Waals surface area contributed by atoms with Crippen molar-refractivity contribution in [3.63, 3.8) is 0 Å². The highest BCUT2D eigenvalue weighted by atomic mass is 79.9. The minimum Gasteiger partial charge on any atom is -0.171 e. The number of alkyl halides is 4. The monoisotopic (exact) mass is 244 g/mol. The molecular weight excluding hydrogens is 233 g/mol. The summed E-state index contributed by atoms with van der Waals surface area (Å²) in [6.07, 6.45) is -3.20. The highest BCUT2D eigenvalue weighted by Gasteiger charge is 2.46. The molecule has 0 aromatic carbocycles. The minimum atomic E-state index is -3.99. The first-order valence-corrected chi connectivity index (χ1v) is 5.09. The van der Waals surface area contributed by atoms with Gasteiger partial charge in [0.1, 0.15) is 0 Å². The lowest BCUT2D eigenvalue weighted by atomic mass is 9.62. The Morgan fingerprint density at radius 3 is 2.25 bits per heavy atom. The van der Waals surface area contributed by atoms with E-state index in [4.69, 9.17) is 0 Å². The molecule has 1 aliphatic rings. The van der Waals surface area contributed by atoms with Crippen LogP contribution < -0.4 is 0 Å². The van der Waals surface area contributed by atoms with Gasteiger partial charge in [-0.3, -0.25) is 0 Å². The molecule has 0 radical (unpaired) electrons. The molecule has 0 unspecified atom stereocenters. The fourth-order valence-electron chi connectivity index (χ4n) is 2.07. The summed E-state index contributed by atoms with van der Waals surface area (Å²) in [6, 6.07) is 0. The smallest absolute Gasteiger partial charge is 0.171 e. The molecule has 0 bridgehead atoms. The average molecular weight is 245 g/mol. The fourth-order valence-corrected chi connectivity index (χ4v) is 2.53. The molecule has 1 rings (SSSR count). The first-order chi connectivity index (χ1) is 5.35. The summed E-state index contributed by atoms with van der Waals surface area (Å²) in [7, 11) is 0. The molecule has 0 amide bonds. The molecule has 0 nitrogen and oxygen atoms in total. The number of hydrogen-bond donors (Lipinski definition) is 0. The minimum absolute atomic E-state index is 0.456. The Morgan fingerprint density at radius 1 is 1.42 bits per heavy atom. The third-order valence-electron chi connectivity index (χ3n) is 2.41. The van der Waals surface area contributed by atoms with E-state index in [0.717, 1.165) is 5.33 Å². The standard InChI is InChI=1S/C8H12BrF3/c1-7(5-8(10,11)12)2-6(3-7)4-9/h6H,2-5H2,1H3. The van der Waals surface area contributed by atoms with Gasteiger partial charge in [0.2, 0.25) is 0 Å². The Labute approximate surface area is 78.7 Å². The topological polar surface area (TPSA) is 0 Å². The SMILES string of the molecule is CC1(CC(F)(F)F)CC(CBr)C1. The van der Waals surface area contributed by atoms with Gasteiger partial charge >= 0.3 is 6.18 Å². The van der Waals surface area contributed by atoms with E-state index in [1.165, 1.54) is 0 Å². The van der Waals surface area contributed by atoms with E-state index in [1.807, 2.05) is 0 Å². The highest BCUT2D eigenvalue weighted by molar-refractivity contribution is 9.09. The van der Waals surface area contributed by atoms with Gasteiger partial charge in [-0.1, -0.05) is 22.9 Å². The van der Waals surface area contributed by atoms with Gasteiger partial charge in [-0.05, 0) is 24.2 Å². The molecule has 1 fully saturated rings. The molecule has 0 aromatic rings. The Bertz CT molecular complexity index is 158. The zero-order chi connectivity index (χ0) is 9.41. The van der Waals surface area contributed by atoms with Crippen molar-refractivity contribution in [2.24, 2.45) is 11.3 Å². The Hall–Kier alpha value is 0.270. The molecule has 12 heavy (non-hydrogen) atoms. The van der Waals surface area contributed by atoms with Crippen LogP contribution in [0.5, 0.6) is 0 Å². The van der Waals surface area contributed by atoms with Gasteiger partial charge in [0, 0.05) is 11.8 Å². The maximum atomic E-state index is 12.0. The normalized spacial score (nSPS) is 36.2. The van der Waals surface area contributed by atoms with Crippen LogP contribution in [0.1, 0.15) is 26.2 Å². The van der Waals surface area contributed by atoms with Crippen molar-refractivity contribution in [3.8, 4) is 0 Å². The summed E-state index contributed by atoms with van der Waals surface area (Å²) in [5.41, 5.74) is -0.476. The van der Waals surface area contributed by atoms with Crippen LogP contribution in [-0.4, -0.2) is 11.5 Å². The van der Waals surface area contributed by atoms with E-state index in [1.54, 1.807) is 6.92 Å². The molecule has 0 spiro atoms. The van der Waals surface area contributed by atoms with Crippen LogP contribution in [0.4, 0.5) is 13.2 Å². The zero-order valence-corrected chi connectivity index (χ0v) is 8.50. The largest absolute Gasteiger partial charge is 0.389 e. The lowest BCUT2D eigenvalue weighted by Gasteiger charge is -2.45. The van der Waals surface area contributed by atoms with Crippen LogP contribution in [0.25, 0.3) is 0 Å². The molecule has 72 valence electrons. The summed E-state index contributed by atoms with van der Waals surface area (Å²) >= 11 is 3.28. The second-order valence-corrected chi connectivity index (χ2v) is 4.68. The van der Waals surface area contributed by atoms with Crippen molar-refractivity contribution < 1.29 is 13.2 Å². The van der Waals surface area contributed by atoms with Gasteiger partial charge < -0.3 is 0 Å². The Morgan fingerprint density at radius 2 is 1.92 bits per heavy atom. The van der Waals surface area contributed by atoms with Crippen LogP contribution in [0, 0.1) is 11.3 Å². The van der Waals surface area contributed by atoms with Crippen LogP contribution in [0.15, 0.2) is 0 Å². The van der Waals surface area contributed by atoms with Crippen molar-refractivity contribution in [1.29, 1.82) is 0 Å². The third-order valence-corrected chi connectivity index (χ3v) is 3.32. The van der Waals surface area contributed by atoms with Crippen LogP contribution in [0.2, 0.25) is 0 Å². The Balaban J connectivity index is 2.35. The molecule has 0 saturated heterocycles. The molecular formula is C8H12BrF3. The molecule has 1 saturated carbocycles. The van der Waals surface area contributed by atoms with Gasteiger partial charge in [-0.25, -0.2) is 0 Å². The van der Waals surface area contributed by atoms with Crippen LogP contribution in [0.3, 0.4) is 0 Å². The van der Waals surface area contributed by atoms with Crippen LogP contribution >= 0.6 is 15.9 Å². The van der Waals surface area contributed by atoms with E-state index in [9.17, 15) is 13.2 Å². The van der Waals surface area contributed by atoms with Crippen molar-refractivity contribution >= 4 is 15.9 Å². The number of rotatable bonds is 2. The number of hydrogen-bond acceptors (Lipinski definition) is 0. The molecule has 4 heteroatoms. The second-order valence-electron chi connectivity index (χ2n) is 4.03. The van der Waals surface area contributed by atoms with Crippen molar-refractivity contribution in [2.45, 2.75) is 32.4 Å². The van der Waals surface area contributed by atoms with E-state index in [0.29, 0.717) is 18.8 Å². The maximum absolute atomic E-state index is 12.0. The summed E-state index contributed by atoms with van der Waals surface area (Å²) < 4.78 is 36.0. The predicted molar refractivity (Wildman–Crippen MR) is 45.3 cm³/mol. The molecule has 1 aliphatic carbocycles. The first kappa shape index (κ1) is 10.4. The zero-order valence-electron chi connectivity index (χ0n) is 6.92. The molecule has 0 aromatic heterocycles. The number of halogens is 4. The molecule has 0 heterocycles. The lowest BCUT2D eigenvalue weighted by Crippen LogP contribution is -2.38. The van der Waals surface area contributed by atoms with Crippen molar-refractivity contribution in [1.82, 2.24) is 0 Å². The predicted octanol–water partition coefficient (Wildman–Crippen LogP) is 3.75. The third kappa shape index (κ3) is 2.64. The van der Waals surface area contributed by atoms with E-state index in [2.05, 4.69) is 15.9 Å². The summed E-state index contributed by atoms with van der Waals surface area (Å²) in [5, 5.41) is 0.834. The van der Waals surface area contributed by atoms with Gasteiger partial charge in [0.25, 0.3) is 0 Å². The van der Waals surface area contributed by atoms with Crippen molar-refractivity contribution in [2.75, 3.05) is 5.33 Å². The van der Waals surface area contributed by atoms with Crippen LogP contribution in [-0.2, 0) is 0 Å². The first-order valence-electron chi connectivity index (χ1n) is 3.97. The highest BCUT2D eigenvalue weighted by Crippen LogP contribution is 2.51. The van der Waals surface area contributed by atoms with Crippen molar-refractivity contribution in [3.05, 3.63) is 0 Å². The van der Waals surface area contributed by atoms with Gasteiger partial charge in [0.15, 0.2) is 0 Å². The van der Waals surface area contributed by atoms with E-state index < -0.39 is 18.0 Å². The van der Waals surface area contributed by atoms with Gasteiger partial charge in [0.05, 0.1) is 0 Å². The summed E-state index contributed by atoms with van der Waals surface area (Å²) in [4.78, 5) is 0. The molecule has 0 N–H and O–H groups in total. The maximum Gasteiger partial charge on any atom is 0.389 e. The summed E-state index contributed by atoms with van der Waals surface area (Å²) in [6.45, 7) is 1.72. The molecule has 0 aliphatic heterocycles. The van der Waals surface area contributed by atoms with Gasteiger partial charge in [-0.2, -0.15) is 13.2 Å². The quantitative estimate of drug-likeness (QED) is 0.650. The van der Waals surface area contributed by atoms with E-state index in [-0.39, 0.29) is 0 Å². The van der Waals surface area contributed by atoms with Gasteiger partial charge in [-0.15, -0.1) is 0 Å². The molecule has 0 atom stereocenters. The summed E-state index contributed by atoms with van der Waals surface area (Å²) in [5.74, 6) is 0.456. The lowest BCUT2D eigenvalue weighted by molar-refractivity contribution is -0.171.